The van der Waals surface area contributed by atoms with E-state index in [-0.39, 0.29) is 6.54 Å². The van der Waals surface area contributed by atoms with Crippen molar-refractivity contribution >= 4 is 23.5 Å². The molecule has 0 aliphatic carbocycles. The maximum atomic E-state index is 11.7. The molecule has 0 saturated carbocycles. The molecule has 1 amide bonds. The minimum absolute atomic E-state index is 0.254. The van der Waals surface area contributed by atoms with E-state index in [0.29, 0.717) is 16.4 Å². The van der Waals surface area contributed by atoms with Crippen molar-refractivity contribution in [3.8, 4) is 11.4 Å². The van der Waals surface area contributed by atoms with Crippen molar-refractivity contribution in [1.29, 1.82) is 0 Å². The van der Waals surface area contributed by atoms with Crippen molar-refractivity contribution in [2.24, 2.45) is 0 Å². The summed E-state index contributed by atoms with van der Waals surface area (Å²) in [4.78, 5) is 23.5. The molecule has 0 bridgehead atoms. The van der Waals surface area contributed by atoms with E-state index < -0.39 is 24.0 Å². The highest BCUT2D eigenvalue weighted by Crippen LogP contribution is 2.16. The molecule has 3 N–H and O–H groups in total. The summed E-state index contributed by atoms with van der Waals surface area (Å²) < 4.78 is 0. The number of carboxylic acids is 1. The van der Waals surface area contributed by atoms with Gasteiger partial charge in [-0.2, -0.15) is 4.80 Å². The lowest BCUT2D eigenvalue weighted by molar-refractivity contribution is -0.156. The molecule has 0 aliphatic rings. The summed E-state index contributed by atoms with van der Waals surface area (Å²) in [6, 6.07) is 6.79. The molecule has 23 heavy (non-hydrogen) atoms. The zero-order valence-electron chi connectivity index (χ0n) is 12.1. The minimum Gasteiger partial charge on any atom is -0.479 e. The number of carbonyl (C=O) groups excluding carboxylic acids is 1. The topological polar surface area (TPSA) is 130 Å². The van der Waals surface area contributed by atoms with Crippen LogP contribution in [0.3, 0.4) is 0 Å². The fraction of sp³-hybridized carbons (Fsp3) is 0.308. The number of halogens is 1. The Morgan fingerprint density at radius 2 is 2.00 bits per heavy atom. The number of nitrogens with one attached hydrogen (secondary N) is 1. The number of hydrogen-bond acceptors (Lipinski definition) is 6. The van der Waals surface area contributed by atoms with Gasteiger partial charge in [-0.25, -0.2) is 4.79 Å². The zero-order chi connectivity index (χ0) is 17.0. The summed E-state index contributed by atoms with van der Waals surface area (Å²) in [5.74, 6) is -1.65. The Hall–Kier alpha value is -2.52. The number of rotatable bonds is 6. The third-order valence-electron chi connectivity index (χ3n) is 2.93. The van der Waals surface area contributed by atoms with Gasteiger partial charge in [0.25, 0.3) is 0 Å². The SMILES string of the molecule is CC(O)(CNC(=O)Cn1nnc(-c2ccc(Cl)cc2)n1)C(=O)O. The fourth-order valence-corrected chi connectivity index (χ4v) is 1.68. The maximum Gasteiger partial charge on any atom is 0.337 e. The number of carbonyl (C=O) groups is 2. The highest BCUT2D eigenvalue weighted by molar-refractivity contribution is 6.30. The van der Waals surface area contributed by atoms with Crippen molar-refractivity contribution < 1.29 is 19.8 Å². The van der Waals surface area contributed by atoms with Crippen molar-refractivity contribution in [2.75, 3.05) is 6.54 Å². The summed E-state index contributed by atoms with van der Waals surface area (Å²) in [7, 11) is 0. The Labute approximate surface area is 135 Å². The van der Waals surface area contributed by atoms with Crippen molar-refractivity contribution in [3.63, 3.8) is 0 Å². The highest BCUT2D eigenvalue weighted by Gasteiger charge is 2.30. The van der Waals surface area contributed by atoms with Crippen molar-refractivity contribution in [1.82, 2.24) is 25.5 Å². The van der Waals surface area contributed by atoms with E-state index in [0.717, 1.165) is 11.7 Å². The van der Waals surface area contributed by atoms with Crippen LogP contribution in [-0.2, 0) is 16.1 Å². The number of carboxylic acid groups (broad SMARTS) is 1. The Morgan fingerprint density at radius 1 is 1.35 bits per heavy atom. The van der Waals surface area contributed by atoms with Crippen LogP contribution in [0.2, 0.25) is 5.02 Å². The van der Waals surface area contributed by atoms with Crippen LogP contribution in [0.25, 0.3) is 11.4 Å². The smallest absolute Gasteiger partial charge is 0.337 e. The summed E-state index contributed by atoms with van der Waals surface area (Å²) in [5, 5.41) is 32.7. The second-order valence-electron chi connectivity index (χ2n) is 5.01. The number of aromatic nitrogens is 4. The van der Waals surface area contributed by atoms with Gasteiger partial charge >= 0.3 is 5.97 Å². The first-order valence-electron chi connectivity index (χ1n) is 6.54. The number of aliphatic carboxylic acids is 1. The van der Waals surface area contributed by atoms with E-state index in [1.54, 1.807) is 24.3 Å². The van der Waals surface area contributed by atoms with Crippen LogP contribution in [-0.4, -0.2) is 54.4 Å². The van der Waals surface area contributed by atoms with Crippen molar-refractivity contribution in [3.05, 3.63) is 29.3 Å². The Balaban J connectivity index is 1.95. The summed E-state index contributed by atoms with van der Waals surface area (Å²) >= 11 is 5.79. The molecule has 1 aromatic carbocycles. The van der Waals surface area contributed by atoms with E-state index in [1.165, 1.54) is 0 Å². The van der Waals surface area contributed by atoms with E-state index in [4.69, 9.17) is 16.7 Å². The number of benzene rings is 1. The molecule has 1 heterocycles. The molecule has 0 fully saturated rings. The Bertz CT molecular complexity index is 713. The van der Waals surface area contributed by atoms with Gasteiger partial charge in [-0.15, -0.1) is 10.2 Å². The first kappa shape index (κ1) is 16.8. The molecule has 2 aromatic rings. The predicted molar refractivity (Wildman–Crippen MR) is 79.5 cm³/mol. The van der Waals surface area contributed by atoms with Gasteiger partial charge in [0, 0.05) is 10.6 Å². The molecule has 1 aromatic heterocycles. The fourth-order valence-electron chi connectivity index (χ4n) is 1.56. The van der Waals surface area contributed by atoms with Gasteiger partial charge in [-0.3, -0.25) is 4.79 Å². The van der Waals surface area contributed by atoms with Crippen LogP contribution in [0.4, 0.5) is 0 Å². The van der Waals surface area contributed by atoms with E-state index in [2.05, 4.69) is 20.7 Å². The van der Waals surface area contributed by atoms with Crippen LogP contribution in [0, 0.1) is 0 Å². The lowest BCUT2D eigenvalue weighted by Gasteiger charge is -2.17. The lowest BCUT2D eigenvalue weighted by atomic mass is 10.1. The van der Waals surface area contributed by atoms with E-state index >= 15 is 0 Å². The van der Waals surface area contributed by atoms with Gasteiger partial charge < -0.3 is 15.5 Å². The van der Waals surface area contributed by atoms with Crippen LogP contribution in [0.5, 0.6) is 0 Å². The monoisotopic (exact) mass is 339 g/mol. The number of amides is 1. The molecular formula is C13H14ClN5O4. The van der Waals surface area contributed by atoms with E-state index in [9.17, 15) is 14.7 Å². The largest absolute Gasteiger partial charge is 0.479 e. The molecule has 1 unspecified atom stereocenters. The summed E-state index contributed by atoms with van der Waals surface area (Å²) in [6.45, 7) is 0.401. The van der Waals surface area contributed by atoms with Gasteiger partial charge in [0.05, 0.1) is 6.54 Å². The number of tetrazole rings is 1. The zero-order valence-corrected chi connectivity index (χ0v) is 12.9. The van der Waals surface area contributed by atoms with Gasteiger partial charge in [0.1, 0.15) is 6.54 Å². The van der Waals surface area contributed by atoms with Crippen LogP contribution in [0.1, 0.15) is 6.92 Å². The molecule has 122 valence electrons. The molecule has 2 rings (SSSR count). The average Bonchev–Trinajstić information content (AvgIpc) is 2.94. The van der Waals surface area contributed by atoms with Crippen LogP contribution < -0.4 is 5.32 Å². The van der Waals surface area contributed by atoms with Gasteiger partial charge in [-0.05, 0) is 36.4 Å². The molecule has 10 heteroatoms. The normalized spacial score (nSPS) is 13.3. The van der Waals surface area contributed by atoms with Gasteiger partial charge in [0.15, 0.2) is 5.60 Å². The van der Waals surface area contributed by atoms with Crippen LogP contribution >= 0.6 is 11.6 Å². The Morgan fingerprint density at radius 3 is 2.61 bits per heavy atom. The predicted octanol–water partition coefficient (Wildman–Crippen LogP) is -0.0547. The quantitative estimate of drug-likeness (QED) is 0.672. The third-order valence-corrected chi connectivity index (χ3v) is 3.18. The molecule has 9 nitrogen and oxygen atoms in total. The van der Waals surface area contributed by atoms with Crippen molar-refractivity contribution in [2.45, 2.75) is 19.1 Å². The first-order valence-corrected chi connectivity index (χ1v) is 6.92. The summed E-state index contributed by atoms with van der Waals surface area (Å²) in [6.07, 6.45) is 0. The standard InChI is InChI=1S/C13H14ClN5O4/c1-13(23,12(21)22)7-15-10(20)6-19-17-11(16-18-19)8-2-4-9(14)5-3-8/h2-5,23H,6-7H2,1H3,(H,15,20)(H,21,22). The minimum atomic E-state index is -2.04. The lowest BCUT2D eigenvalue weighted by Crippen LogP contribution is -2.47. The molecule has 0 aliphatic heterocycles. The number of nitrogens with zero attached hydrogens (tertiary/aromatic N) is 4. The third kappa shape index (κ3) is 4.47. The molecule has 0 spiro atoms. The molecule has 0 saturated heterocycles. The second kappa shape index (κ2) is 6.71. The molecule has 0 radical (unpaired) electrons. The Kier molecular flexibility index (Phi) is 4.92. The van der Waals surface area contributed by atoms with Crippen LogP contribution in [0.15, 0.2) is 24.3 Å². The highest BCUT2D eigenvalue weighted by atomic mass is 35.5. The number of hydrogen-bond donors (Lipinski definition) is 3. The molecular weight excluding hydrogens is 326 g/mol. The average molecular weight is 340 g/mol. The first-order chi connectivity index (χ1) is 10.8. The number of aliphatic hydroxyl groups is 1. The van der Waals surface area contributed by atoms with Gasteiger partial charge in [-0.1, -0.05) is 11.6 Å². The maximum absolute atomic E-state index is 11.7. The van der Waals surface area contributed by atoms with E-state index in [1.807, 2.05) is 0 Å². The second-order valence-corrected chi connectivity index (χ2v) is 5.44. The van der Waals surface area contributed by atoms with Gasteiger partial charge in [0.2, 0.25) is 11.7 Å². The summed E-state index contributed by atoms with van der Waals surface area (Å²) in [5.41, 5.74) is -1.35. The molecule has 1 atom stereocenters.